The third-order valence-electron chi connectivity index (χ3n) is 23.5. The van der Waals surface area contributed by atoms with Crippen LogP contribution in [0.3, 0.4) is 0 Å². The van der Waals surface area contributed by atoms with Gasteiger partial charge in [-0.15, -0.1) is 0 Å². The number of nitrogens with zero attached hydrogens (tertiary/aromatic N) is 10. The molecule has 24 nitrogen and oxygen atoms in total. The SMILES string of the molecule is CCC(=O)Nc1ccc(C#Cc2c(C#N)c3ccc(OC)cc3n2CC)cc1.CCn1c(-c2ccc(C(C)(C)C)cc2)c(C#N)c2ccc(C(N)=O)cc21.CCn1c(-c2ccc(C(C)C)cc2)c(C#N)c2ccc(C(N)=O)cc21.CCn1c(-c2ccc(NC(=O)C3CC3)cc2)c(C#N)c2ccc(OC)cc21.CCn1c(-c2ccc(NS(=O)(=O)CC)cc2)c(C#N)c2ccc(OC)cc21. The first-order valence-corrected chi connectivity index (χ1v) is 45.8. The van der Waals surface area contributed by atoms with Crippen molar-refractivity contribution in [1.82, 2.24) is 22.8 Å². The molecule has 7 N–H and O–H groups in total. The quantitative estimate of drug-likeness (QED) is 0.0394. The maximum Gasteiger partial charge on any atom is 0.248 e. The van der Waals surface area contributed by atoms with Crippen LogP contribution < -0.4 is 41.0 Å². The van der Waals surface area contributed by atoms with Crippen LogP contribution in [0.1, 0.15) is 179 Å². The third-order valence-corrected chi connectivity index (χ3v) is 24.8. The number of rotatable bonds is 22. The summed E-state index contributed by atoms with van der Waals surface area (Å²) in [6, 6.07) is 78.1. The van der Waals surface area contributed by atoms with E-state index in [9.17, 15) is 53.9 Å². The Balaban J connectivity index is 0.000000150. The molecule has 1 fully saturated rings. The summed E-state index contributed by atoms with van der Waals surface area (Å²) < 4.78 is 52.4. The van der Waals surface area contributed by atoms with E-state index in [-0.39, 0.29) is 28.9 Å². The highest BCUT2D eigenvalue weighted by molar-refractivity contribution is 7.92. The summed E-state index contributed by atoms with van der Waals surface area (Å²) in [5.74, 6) is 8.31. The zero-order valence-electron chi connectivity index (χ0n) is 77.4. The lowest BCUT2D eigenvalue weighted by Crippen LogP contribution is -2.14. The number of hydrogen-bond acceptors (Lipinski definition) is 14. The van der Waals surface area contributed by atoms with Crippen LogP contribution >= 0.6 is 0 Å². The highest BCUT2D eigenvalue weighted by Gasteiger charge is 2.31. The number of nitrogens with one attached hydrogen (secondary N) is 3. The van der Waals surface area contributed by atoms with Gasteiger partial charge in [0.1, 0.15) is 53.3 Å². The van der Waals surface area contributed by atoms with Crippen molar-refractivity contribution in [2.45, 2.75) is 146 Å². The first-order valence-electron chi connectivity index (χ1n) is 44.1. The smallest absolute Gasteiger partial charge is 0.248 e. The lowest BCUT2D eigenvalue weighted by molar-refractivity contribution is -0.117. The number of fused-ring (bicyclic) bond motifs is 5. The Bertz CT molecular complexity index is 7360. The fourth-order valence-corrected chi connectivity index (χ4v) is 17.0. The summed E-state index contributed by atoms with van der Waals surface area (Å²) in [7, 11) is 1.55. The van der Waals surface area contributed by atoms with E-state index < -0.39 is 21.8 Å². The van der Waals surface area contributed by atoms with Crippen LogP contribution in [0.2, 0.25) is 0 Å². The summed E-state index contributed by atoms with van der Waals surface area (Å²) in [4.78, 5) is 46.5. The molecule has 0 unspecified atom stereocenters. The molecule has 5 heterocycles. The molecule has 25 heteroatoms. The van der Waals surface area contributed by atoms with Crippen molar-refractivity contribution in [3.05, 3.63) is 274 Å². The molecule has 0 aliphatic heterocycles. The standard InChI is InChI=1S/C23H21N3O2.C22H21N3O2.C22H23N3O.C21H21N3O.C20H21N3O3S/c1-4-23(27)25-17-9-6-16(7-10-17)8-13-21-20(15-24)19-12-11-18(28-3)14-22(19)26(21)5-2;1-3-25-20-12-17(27-2)10-11-18(20)19(13-23)21(25)14-6-8-16(9-7-14)24-22(26)15-4-5-15;1-5-25-19-12-15(21(24)26)8-11-17(19)18(13-23)20(25)14-6-9-16(10-7-14)22(2,3)4;1-4-24-19-11-16(21(23)25)9-10-17(19)18(12-22)20(24)15-7-5-14(6-8-15)13(2)3;1-4-23-19-12-16(26-3)10-11-17(19)18(13-21)20(23)14-6-8-15(9-7-14)22-27(24,25)5-2/h6-7,9-12,14H,4-5H2,1-3H3,(H,25,27);6-12,15H,3-5H2,1-2H3,(H,24,26);6-12H,5H2,1-4H3,(H2,24,26);5-11,13H,4H2,1-3H3,(H2,23,25);6-12,22H,4-5H2,1-3H3. The molecule has 674 valence electrons. The van der Waals surface area contributed by atoms with Crippen LogP contribution in [0.5, 0.6) is 17.2 Å². The number of hydrogen-bond donors (Lipinski definition) is 5. The van der Waals surface area contributed by atoms with Gasteiger partial charge in [-0.2, -0.15) is 26.3 Å². The number of aryl methyl sites for hydroxylation is 5. The number of primary amides is 2. The van der Waals surface area contributed by atoms with Crippen LogP contribution in [0.4, 0.5) is 17.1 Å². The molecular formula is C108H107N15O9S. The van der Waals surface area contributed by atoms with E-state index in [4.69, 9.17) is 25.7 Å². The lowest BCUT2D eigenvalue weighted by Gasteiger charge is -2.19. The van der Waals surface area contributed by atoms with Gasteiger partial charge in [0, 0.05) is 124 Å². The van der Waals surface area contributed by atoms with E-state index >= 15 is 0 Å². The van der Waals surface area contributed by atoms with E-state index in [0.717, 1.165) is 153 Å². The molecule has 5 aromatic heterocycles. The van der Waals surface area contributed by atoms with Crippen molar-refractivity contribution in [2.24, 2.45) is 17.4 Å². The predicted molar refractivity (Wildman–Crippen MR) is 529 cm³/mol. The molecule has 0 spiro atoms. The summed E-state index contributed by atoms with van der Waals surface area (Å²) in [5.41, 5.74) is 32.8. The Kier molecular flexibility index (Phi) is 30.3. The van der Waals surface area contributed by atoms with Gasteiger partial charge in [-0.25, -0.2) is 8.42 Å². The molecule has 4 amide bonds. The third kappa shape index (κ3) is 20.8. The number of carbonyl (C=O) groups is 4. The Labute approximate surface area is 775 Å². The highest BCUT2D eigenvalue weighted by Crippen LogP contribution is 2.42. The Morgan fingerprint density at radius 1 is 0.421 bits per heavy atom. The molecule has 0 saturated heterocycles. The van der Waals surface area contributed by atoms with Crippen molar-refractivity contribution >= 4 is 105 Å². The molecule has 15 aromatic rings. The Morgan fingerprint density at radius 3 is 1.08 bits per heavy atom. The Morgan fingerprint density at radius 2 is 0.752 bits per heavy atom. The normalized spacial score (nSPS) is 11.5. The fraction of sp³-hybridized carbons (Fsp3) is 0.250. The lowest BCUT2D eigenvalue weighted by atomic mass is 9.86. The second kappa shape index (κ2) is 42.0. The van der Waals surface area contributed by atoms with E-state index in [1.807, 2.05) is 167 Å². The van der Waals surface area contributed by atoms with Gasteiger partial charge >= 0.3 is 0 Å². The van der Waals surface area contributed by atoms with Crippen molar-refractivity contribution in [3.8, 4) is 104 Å². The van der Waals surface area contributed by atoms with Crippen molar-refractivity contribution in [3.63, 3.8) is 0 Å². The number of sulfonamides is 1. The highest BCUT2D eigenvalue weighted by atomic mass is 32.2. The van der Waals surface area contributed by atoms with Gasteiger partial charge in [0.05, 0.1) is 105 Å². The number of nitriles is 5. The summed E-state index contributed by atoms with van der Waals surface area (Å²) in [6.07, 6.45) is 2.40. The maximum atomic E-state index is 11.9. The first-order chi connectivity index (χ1) is 63.9. The van der Waals surface area contributed by atoms with E-state index in [1.54, 1.807) is 64.7 Å². The number of anilines is 3. The molecule has 1 saturated carbocycles. The van der Waals surface area contributed by atoms with Crippen molar-refractivity contribution in [2.75, 3.05) is 42.4 Å². The largest absolute Gasteiger partial charge is 0.497 e. The van der Waals surface area contributed by atoms with E-state index in [0.29, 0.717) is 88.8 Å². The molecule has 133 heavy (non-hydrogen) atoms. The van der Waals surface area contributed by atoms with Crippen LogP contribution in [0.15, 0.2) is 212 Å². The molecule has 1 aliphatic rings. The van der Waals surface area contributed by atoms with Crippen LogP contribution in [-0.4, -0.2) is 82.0 Å². The zero-order chi connectivity index (χ0) is 95.9. The van der Waals surface area contributed by atoms with Gasteiger partial charge in [-0.1, -0.05) is 132 Å². The number of aromatic nitrogens is 5. The van der Waals surface area contributed by atoms with E-state index in [2.05, 4.69) is 166 Å². The number of carbonyl (C=O) groups excluding carboxylic acids is 4. The monoisotopic (exact) mass is 1790 g/mol. The van der Waals surface area contributed by atoms with Gasteiger partial charge in [0.15, 0.2) is 0 Å². The Hall–Kier alpha value is -16.1. The summed E-state index contributed by atoms with van der Waals surface area (Å²) >= 11 is 0. The second-order valence-electron chi connectivity index (χ2n) is 33.0. The number of ether oxygens (including phenoxy) is 3. The minimum absolute atomic E-state index is 0.0131. The van der Waals surface area contributed by atoms with E-state index in [1.165, 1.54) is 11.1 Å². The number of nitrogens with two attached hydrogens (primary N) is 2. The molecule has 0 bridgehead atoms. The minimum Gasteiger partial charge on any atom is -0.497 e. The molecular weight excluding hydrogens is 1680 g/mol. The minimum atomic E-state index is -3.33. The first kappa shape index (κ1) is 96.0. The van der Waals surface area contributed by atoms with Crippen LogP contribution in [0, 0.1) is 74.4 Å². The zero-order valence-corrected chi connectivity index (χ0v) is 78.3. The van der Waals surface area contributed by atoms with Gasteiger partial charge < -0.3 is 59.1 Å². The second-order valence-corrected chi connectivity index (χ2v) is 35.0. The maximum absolute atomic E-state index is 11.9. The average Bonchev–Trinajstić information content (AvgIpc) is 1.63. The van der Waals surface area contributed by atoms with Crippen LogP contribution in [0.25, 0.3) is 99.5 Å². The van der Waals surface area contributed by atoms with Crippen molar-refractivity contribution in [1.29, 1.82) is 26.3 Å². The molecule has 1 aliphatic carbocycles. The van der Waals surface area contributed by atoms with Gasteiger partial charge in [0.25, 0.3) is 0 Å². The van der Waals surface area contributed by atoms with Crippen LogP contribution in [-0.2, 0) is 57.8 Å². The molecule has 16 rings (SSSR count). The topological polar surface area (TPSA) is 362 Å². The van der Waals surface area contributed by atoms with Crippen molar-refractivity contribution < 1.29 is 41.8 Å². The predicted octanol–water partition coefficient (Wildman–Crippen LogP) is 21.8. The molecule has 10 aromatic carbocycles. The number of benzene rings is 10. The van der Waals surface area contributed by atoms with Gasteiger partial charge in [0.2, 0.25) is 33.7 Å². The number of amides is 4. The number of methoxy groups -OCH3 is 3. The summed E-state index contributed by atoms with van der Waals surface area (Å²) in [5, 5.41) is 58.9. The van der Waals surface area contributed by atoms with Gasteiger partial charge in [-0.3, -0.25) is 23.9 Å². The molecule has 0 radical (unpaired) electrons. The fourth-order valence-electron chi connectivity index (χ4n) is 16.3. The van der Waals surface area contributed by atoms with Gasteiger partial charge in [-0.05, 0) is 214 Å². The summed E-state index contributed by atoms with van der Waals surface area (Å²) in [6.45, 7) is 27.9. The average molecular weight is 1790 g/mol. The molecule has 0 atom stereocenters.